The minimum atomic E-state index is 0.667. The zero-order chi connectivity index (χ0) is 14.8. The number of nitrogens with one attached hydrogen (secondary N) is 1. The maximum Gasteiger partial charge on any atom is 0.122 e. The molecular formula is C18H28N2O. The minimum absolute atomic E-state index is 0.667. The average molecular weight is 288 g/mol. The van der Waals surface area contributed by atoms with Crippen molar-refractivity contribution >= 4 is 5.69 Å². The normalized spacial score (nSPS) is 23.0. The summed E-state index contributed by atoms with van der Waals surface area (Å²) in [6.07, 6.45) is 4.91. The molecule has 116 valence electrons. The van der Waals surface area contributed by atoms with Crippen molar-refractivity contribution in [2.45, 2.75) is 51.5 Å². The van der Waals surface area contributed by atoms with Crippen LogP contribution in [0.2, 0.25) is 0 Å². The van der Waals surface area contributed by atoms with Gasteiger partial charge in [0.2, 0.25) is 0 Å². The first-order chi connectivity index (χ1) is 10.3. The Hall–Kier alpha value is -1.22. The number of methoxy groups -OCH3 is 1. The quantitative estimate of drug-likeness (QED) is 0.865. The van der Waals surface area contributed by atoms with Crippen LogP contribution in [0.15, 0.2) is 12.1 Å². The molecule has 3 rings (SSSR count). The summed E-state index contributed by atoms with van der Waals surface area (Å²) in [5.74, 6) is 1.75. The molecule has 0 fully saturated rings. The monoisotopic (exact) mass is 288 g/mol. The number of hydrogen-bond donors (Lipinski definition) is 1. The summed E-state index contributed by atoms with van der Waals surface area (Å²) in [5, 5.41) is 3.58. The molecule has 2 aliphatic rings. The van der Waals surface area contributed by atoms with Crippen molar-refractivity contribution < 1.29 is 4.74 Å². The van der Waals surface area contributed by atoms with Crippen LogP contribution in [-0.4, -0.2) is 37.7 Å². The summed E-state index contributed by atoms with van der Waals surface area (Å²) in [6, 6.07) is 5.00. The number of anilines is 1. The molecule has 0 radical (unpaired) electrons. The van der Waals surface area contributed by atoms with Gasteiger partial charge >= 0.3 is 0 Å². The molecule has 1 heterocycles. The summed E-state index contributed by atoms with van der Waals surface area (Å²) in [6.45, 7) is 8.11. The van der Waals surface area contributed by atoms with Gasteiger partial charge in [-0.1, -0.05) is 13.8 Å². The molecular weight excluding hydrogens is 260 g/mol. The van der Waals surface area contributed by atoms with Gasteiger partial charge < -0.3 is 15.0 Å². The number of benzene rings is 1. The van der Waals surface area contributed by atoms with E-state index in [9.17, 15) is 0 Å². The van der Waals surface area contributed by atoms with Gasteiger partial charge in [-0.3, -0.25) is 0 Å². The highest BCUT2D eigenvalue weighted by molar-refractivity contribution is 5.65. The molecule has 0 aromatic heterocycles. The van der Waals surface area contributed by atoms with E-state index in [1.165, 1.54) is 43.6 Å². The molecule has 1 aromatic carbocycles. The molecule has 1 aliphatic heterocycles. The second-order valence-electron chi connectivity index (χ2n) is 6.42. The third kappa shape index (κ3) is 2.64. The smallest absolute Gasteiger partial charge is 0.122 e. The number of ether oxygens (including phenoxy) is 1. The van der Waals surface area contributed by atoms with Crippen molar-refractivity contribution in [1.82, 2.24) is 4.90 Å². The molecule has 3 heteroatoms. The zero-order valence-electron chi connectivity index (χ0n) is 13.6. The van der Waals surface area contributed by atoms with E-state index in [1.807, 2.05) is 0 Å². The van der Waals surface area contributed by atoms with Gasteiger partial charge in [-0.2, -0.15) is 0 Å². The predicted molar refractivity (Wildman–Crippen MR) is 88.5 cm³/mol. The molecule has 0 saturated heterocycles. The first kappa shape index (κ1) is 14.7. The average Bonchev–Trinajstić information content (AvgIpc) is 2.92. The van der Waals surface area contributed by atoms with E-state index in [-0.39, 0.29) is 0 Å². The van der Waals surface area contributed by atoms with E-state index in [0.717, 1.165) is 18.7 Å². The van der Waals surface area contributed by atoms with Crippen molar-refractivity contribution in [1.29, 1.82) is 0 Å². The van der Waals surface area contributed by atoms with Crippen molar-refractivity contribution in [3.8, 4) is 5.75 Å². The van der Waals surface area contributed by atoms with Crippen LogP contribution in [0.1, 0.15) is 50.2 Å². The van der Waals surface area contributed by atoms with Gasteiger partial charge in [0, 0.05) is 29.8 Å². The highest BCUT2D eigenvalue weighted by Gasteiger charge is 2.36. The SMILES string of the molecule is CCCN(CCC)[C@H]1Cc2c(OC)ccc3c2[C@@H](CN3)C1. The fourth-order valence-corrected chi connectivity index (χ4v) is 4.18. The summed E-state index contributed by atoms with van der Waals surface area (Å²) >= 11 is 0. The molecule has 21 heavy (non-hydrogen) atoms. The Kier molecular flexibility index (Phi) is 4.39. The molecule has 0 unspecified atom stereocenters. The molecule has 0 saturated carbocycles. The van der Waals surface area contributed by atoms with Crippen LogP contribution in [0.25, 0.3) is 0 Å². The fourth-order valence-electron chi connectivity index (χ4n) is 4.18. The molecule has 1 aliphatic carbocycles. The van der Waals surface area contributed by atoms with Gasteiger partial charge in [0.25, 0.3) is 0 Å². The lowest BCUT2D eigenvalue weighted by Gasteiger charge is -2.37. The summed E-state index contributed by atoms with van der Waals surface area (Å²) in [5.41, 5.74) is 4.34. The molecule has 1 aromatic rings. The molecule has 3 nitrogen and oxygen atoms in total. The Labute approximate surface area is 128 Å². The summed E-state index contributed by atoms with van der Waals surface area (Å²) in [7, 11) is 1.80. The second-order valence-corrected chi connectivity index (χ2v) is 6.42. The number of rotatable bonds is 6. The topological polar surface area (TPSA) is 24.5 Å². The van der Waals surface area contributed by atoms with Gasteiger partial charge in [-0.15, -0.1) is 0 Å². The minimum Gasteiger partial charge on any atom is -0.496 e. The second kappa shape index (κ2) is 6.27. The van der Waals surface area contributed by atoms with Crippen molar-refractivity contribution in [2.75, 3.05) is 32.1 Å². The third-order valence-electron chi connectivity index (χ3n) is 5.02. The Morgan fingerprint density at radius 3 is 2.67 bits per heavy atom. The standard InChI is InChI=1S/C18H28N2O/c1-4-8-20(9-5-2)14-10-13-12-19-16-6-7-17(21-3)15(11-14)18(13)16/h6-7,13-14,19H,4-5,8-12H2,1-3H3/t13-,14-/m1/s1. The van der Waals surface area contributed by atoms with Crippen LogP contribution < -0.4 is 10.1 Å². The Morgan fingerprint density at radius 1 is 1.24 bits per heavy atom. The van der Waals surface area contributed by atoms with E-state index in [0.29, 0.717) is 12.0 Å². The molecule has 0 bridgehead atoms. The lowest BCUT2D eigenvalue weighted by Crippen LogP contribution is -2.41. The van der Waals surface area contributed by atoms with E-state index in [1.54, 1.807) is 12.7 Å². The van der Waals surface area contributed by atoms with Crippen LogP contribution in [0.5, 0.6) is 5.75 Å². The van der Waals surface area contributed by atoms with Gasteiger partial charge in [0.1, 0.15) is 5.75 Å². The predicted octanol–water partition coefficient (Wildman–Crippen LogP) is 3.64. The highest BCUT2D eigenvalue weighted by atomic mass is 16.5. The van der Waals surface area contributed by atoms with Gasteiger partial charge in [-0.25, -0.2) is 0 Å². The van der Waals surface area contributed by atoms with Crippen LogP contribution in [0.3, 0.4) is 0 Å². The fraction of sp³-hybridized carbons (Fsp3) is 0.667. The first-order valence-electron chi connectivity index (χ1n) is 8.46. The van der Waals surface area contributed by atoms with E-state index in [4.69, 9.17) is 4.74 Å². The first-order valence-corrected chi connectivity index (χ1v) is 8.46. The van der Waals surface area contributed by atoms with E-state index in [2.05, 4.69) is 36.2 Å². The van der Waals surface area contributed by atoms with Gasteiger partial charge in [0.15, 0.2) is 0 Å². The zero-order valence-corrected chi connectivity index (χ0v) is 13.6. The molecule has 1 N–H and O–H groups in total. The number of nitrogens with zero attached hydrogens (tertiary/aromatic N) is 1. The Bertz CT molecular complexity index is 494. The largest absolute Gasteiger partial charge is 0.496 e. The van der Waals surface area contributed by atoms with Gasteiger partial charge in [-0.05, 0) is 56.5 Å². The van der Waals surface area contributed by atoms with E-state index < -0.39 is 0 Å². The Morgan fingerprint density at radius 2 is 2.00 bits per heavy atom. The third-order valence-corrected chi connectivity index (χ3v) is 5.02. The van der Waals surface area contributed by atoms with Crippen molar-refractivity contribution in [3.05, 3.63) is 23.3 Å². The Balaban J connectivity index is 1.90. The van der Waals surface area contributed by atoms with Crippen LogP contribution in [0, 0.1) is 0 Å². The van der Waals surface area contributed by atoms with Gasteiger partial charge in [0.05, 0.1) is 7.11 Å². The van der Waals surface area contributed by atoms with Crippen LogP contribution >= 0.6 is 0 Å². The maximum atomic E-state index is 5.65. The summed E-state index contributed by atoms with van der Waals surface area (Å²) in [4.78, 5) is 2.70. The lowest BCUT2D eigenvalue weighted by atomic mass is 9.80. The summed E-state index contributed by atoms with van der Waals surface area (Å²) < 4.78 is 5.65. The van der Waals surface area contributed by atoms with Crippen LogP contribution in [0.4, 0.5) is 5.69 Å². The highest BCUT2D eigenvalue weighted by Crippen LogP contribution is 2.45. The van der Waals surface area contributed by atoms with Crippen LogP contribution in [-0.2, 0) is 6.42 Å². The van der Waals surface area contributed by atoms with E-state index >= 15 is 0 Å². The number of hydrogen-bond acceptors (Lipinski definition) is 3. The molecule has 2 atom stereocenters. The molecule has 0 spiro atoms. The van der Waals surface area contributed by atoms with Crippen molar-refractivity contribution in [2.24, 2.45) is 0 Å². The maximum absolute atomic E-state index is 5.65. The molecule has 0 amide bonds. The lowest BCUT2D eigenvalue weighted by molar-refractivity contribution is 0.171. The van der Waals surface area contributed by atoms with Crippen molar-refractivity contribution in [3.63, 3.8) is 0 Å².